The predicted octanol–water partition coefficient (Wildman–Crippen LogP) is 1.05. The van der Waals surface area contributed by atoms with Crippen LogP contribution in [0.3, 0.4) is 0 Å². The number of benzene rings is 1. The second kappa shape index (κ2) is 4.53. The van der Waals surface area contributed by atoms with Gasteiger partial charge in [0.2, 0.25) is 0 Å². The van der Waals surface area contributed by atoms with E-state index in [2.05, 4.69) is 0 Å². The van der Waals surface area contributed by atoms with Crippen LogP contribution in [0.1, 0.15) is 17.9 Å². The Morgan fingerprint density at radius 1 is 1.44 bits per heavy atom. The summed E-state index contributed by atoms with van der Waals surface area (Å²) >= 11 is 0. The van der Waals surface area contributed by atoms with Gasteiger partial charge in [0.05, 0.1) is 13.0 Å². The van der Waals surface area contributed by atoms with Crippen molar-refractivity contribution in [3.63, 3.8) is 0 Å². The fourth-order valence-corrected chi connectivity index (χ4v) is 1.91. The minimum Gasteiger partial charge on any atom is -0.497 e. The number of esters is 1. The van der Waals surface area contributed by atoms with Gasteiger partial charge in [0, 0.05) is 13.0 Å². The highest BCUT2D eigenvalue weighted by molar-refractivity contribution is 5.80. The normalized spacial score (nSPS) is 24.2. The van der Waals surface area contributed by atoms with Gasteiger partial charge in [0.25, 0.3) is 0 Å². The zero-order valence-electron chi connectivity index (χ0n) is 9.18. The predicted molar refractivity (Wildman–Crippen MR) is 59.3 cm³/mol. The van der Waals surface area contributed by atoms with Gasteiger partial charge >= 0.3 is 5.97 Å². The van der Waals surface area contributed by atoms with Crippen molar-refractivity contribution >= 4 is 5.97 Å². The van der Waals surface area contributed by atoms with E-state index in [-0.39, 0.29) is 18.0 Å². The summed E-state index contributed by atoms with van der Waals surface area (Å²) in [4.78, 5) is 11.6. The second-order valence-corrected chi connectivity index (χ2v) is 3.86. The number of ether oxygens (including phenoxy) is 2. The number of nitrogens with two attached hydrogens (primary N) is 1. The van der Waals surface area contributed by atoms with Gasteiger partial charge in [-0.15, -0.1) is 0 Å². The first kappa shape index (κ1) is 11.0. The summed E-state index contributed by atoms with van der Waals surface area (Å²) in [5.74, 6) is 0.422. The van der Waals surface area contributed by atoms with Gasteiger partial charge in [-0.1, -0.05) is 12.1 Å². The highest BCUT2D eigenvalue weighted by Gasteiger charge is 2.34. The van der Waals surface area contributed by atoms with Crippen molar-refractivity contribution in [2.45, 2.75) is 18.4 Å². The molecule has 0 unspecified atom stereocenters. The van der Waals surface area contributed by atoms with Crippen LogP contribution >= 0.6 is 0 Å². The molecule has 1 aliphatic rings. The van der Waals surface area contributed by atoms with Crippen LogP contribution in [-0.4, -0.2) is 25.7 Å². The smallest absolute Gasteiger partial charge is 0.313 e. The minimum absolute atomic E-state index is 0.139. The maximum absolute atomic E-state index is 11.6. The molecule has 0 spiro atoms. The van der Waals surface area contributed by atoms with Crippen LogP contribution in [-0.2, 0) is 9.53 Å². The van der Waals surface area contributed by atoms with E-state index in [1.54, 1.807) is 7.11 Å². The van der Waals surface area contributed by atoms with E-state index in [9.17, 15) is 4.79 Å². The molecule has 16 heavy (non-hydrogen) atoms. The Morgan fingerprint density at radius 2 is 2.12 bits per heavy atom. The molecule has 1 aliphatic heterocycles. The van der Waals surface area contributed by atoms with Crippen molar-refractivity contribution in [2.24, 2.45) is 5.73 Å². The summed E-state index contributed by atoms with van der Waals surface area (Å²) in [6.45, 7) is 0.387. The molecular formula is C12H15NO3. The number of cyclic esters (lactones) is 1. The number of carbonyl (C=O) groups is 1. The summed E-state index contributed by atoms with van der Waals surface area (Å²) in [5.41, 5.74) is 6.44. The fourth-order valence-electron chi connectivity index (χ4n) is 1.91. The van der Waals surface area contributed by atoms with Gasteiger partial charge in [-0.25, -0.2) is 0 Å². The van der Waals surface area contributed by atoms with Gasteiger partial charge in [-0.05, 0) is 17.7 Å². The maximum Gasteiger partial charge on any atom is 0.313 e. The lowest BCUT2D eigenvalue weighted by atomic mass is 9.96. The summed E-state index contributed by atoms with van der Waals surface area (Å²) in [6, 6.07) is 7.48. The largest absolute Gasteiger partial charge is 0.497 e. The summed E-state index contributed by atoms with van der Waals surface area (Å²) < 4.78 is 10.2. The lowest BCUT2D eigenvalue weighted by molar-refractivity contribution is -0.142. The number of hydrogen-bond acceptors (Lipinski definition) is 4. The molecule has 1 aromatic rings. The molecule has 2 atom stereocenters. The van der Waals surface area contributed by atoms with Crippen LogP contribution in [0.2, 0.25) is 0 Å². The molecule has 2 N–H and O–H groups in total. The molecule has 0 amide bonds. The van der Waals surface area contributed by atoms with Crippen LogP contribution < -0.4 is 10.5 Å². The topological polar surface area (TPSA) is 61.6 Å². The molecule has 0 aliphatic carbocycles. The van der Waals surface area contributed by atoms with Crippen molar-refractivity contribution < 1.29 is 14.3 Å². The average Bonchev–Trinajstić information content (AvgIpc) is 2.71. The van der Waals surface area contributed by atoms with Crippen LogP contribution in [0.4, 0.5) is 0 Å². The summed E-state index contributed by atoms with van der Waals surface area (Å²) in [6.07, 6.45) is 0.529. The molecule has 1 heterocycles. The second-order valence-electron chi connectivity index (χ2n) is 3.86. The molecule has 0 saturated carbocycles. The first-order chi connectivity index (χ1) is 7.74. The third-order valence-corrected chi connectivity index (χ3v) is 2.85. The van der Waals surface area contributed by atoms with Gasteiger partial charge in [-0.3, -0.25) is 4.79 Å². The monoisotopic (exact) mass is 221 g/mol. The Bertz CT molecular complexity index is 374. The zero-order chi connectivity index (χ0) is 11.5. The standard InChI is InChI=1S/C12H15NO3/c1-15-9-4-2-8(3-5-9)11-6-10(7-13)16-12(11)14/h2-5,10-11H,6-7,13H2,1H3/t10-,11-/m1/s1. The summed E-state index contributed by atoms with van der Waals surface area (Å²) in [7, 11) is 1.61. The van der Waals surface area contributed by atoms with E-state index in [4.69, 9.17) is 15.2 Å². The van der Waals surface area contributed by atoms with E-state index in [1.807, 2.05) is 24.3 Å². The number of rotatable bonds is 3. The zero-order valence-corrected chi connectivity index (χ0v) is 9.18. The molecule has 1 fully saturated rings. The van der Waals surface area contributed by atoms with Gasteiger partial charge in [-0.2, -0.15) is 0 Å². The van der Waals surface area contributed by atoms with Crippen molar-refractivity contribution in [3.8, 4) is 5.75 Å². The number of hydrogen-bond donors (Lipinski definition) is 1. The van der Waals surface area contributed by atoms with E-state index in [0.29, 0.717) is 13.0 Å². The van der Waals surface area contributed by atoms with E-state index in [1.165, 1.54) is 0 Å². The van der Waals surface area contributed by atoms with Crippen molar-refractivity contribution in [1.82, 2.24) is 0 Å². The Balaban J connectivity index is 2.15. The van der Waals surface area contributed by atoms with Crippen LogP contribution in [0.15, 0.2) is 24.3 Å². The minimum atomic E-state index is -0.181. The van der Waals surface area contributed by atoms with Crippen LogP contribution in [0.5, 0.6) is 5.75 Å². The lowest BCUT2D eigenvalue weighted by Crippen LogP contribution is -2.18. The SMILES string of the molecule is COc1ccc([C@H]2C[C@H](CN)OC2=O)cc1. The Kier molecular flexibility index (Phi) is 3.10. The van der Waals surface area contributed by atoms with Gasteiger partial charge in [0.1, 0.15) is 11.9 Å². The first-order valence-electron chi connectivity index (χ1n) is 5.29. The summed E-state index contributed by atoms with van der Waals surface area (Å²) in [5, 5.41) is 0. The number of carbonyl (C=O) groups excluding carboxylic acids is 1. The highest BCUT2D eigenvalue weighted by Crippen LogP contribution is 2.31. The molecule has 1 aromatic carbocycles. The maximum atomic E-state index is 11.6. The molecular weight excluding hydrogens is 206 g/mol. The highest BCUT2D eigenvalue weighted by atomic mass is 16.6. The number of methoxy groups -OCH3 is 1. The molecule has 0 bridgehead atoms. The molecule has 2 rings (SSSR count). The molecule has 4 heteroatoms. The van der Waals surface area contributed by atoms with Crippen LogP contribution in [0, 0.1) is 0 Å². The Labute approximate surface area is 94.3 Å². The van der Waals surface area contributed by atoms with Gasteiger partial charge in [0.15, 0.2) is 0 Å². The van der Waals surface area contributed by atoms with E-state index >= 15 is 0 Å². The third kappa shape index (κ3) is 2.02. The van der Waals surface area contributed by atoms with E-state index in [0.717, 1.165) is 11.3 Å². The first-order valence-corrected chi connectivity index (χ1v) is 5.29. The Morgan fingerprint density at radius 3 is 2.62 bits per heavy atom. The van der Waals surface area contributed by atoms with Crippen molar-refractivity contribution in [3.05, 3.63) is 29.8 Å². The lowest BCUT2D eigenvalue weighted by Gasteiger charge is -2.06. The molecule has 1 saturated heterocycles. The van der Waals surface area contributed by atoms with Crippen molar-refractivity contribution in [1.29, 1.82) is 0 Å². The Hall–Kier alpha value is -1.55. The molecule has 0 radical (unpaired) electrons. The third-order valence-electron chi connectivity index (χ3n) is 2.85. The van der Waals surface area contributed by atoms with Crippen molar-refractivity contribution in [2.75, 3.05) is 13.7 Å². The molecule has 86 valence electrons. The van der Waals surface area contributed by atoms with Gasteiger partial charge < -0.3 is 15.2 Å². The van der Waals surface area contributed by atoms with E-state index < -0.39 is 0 Å². The fraction of sp³-hybridized carbons (Fsp3) is 0.417. The quantitative estimate of drug-likeness (QED) is 0.775. The molecule has 4 nitrogen and oxygen atoms in total. The van der Waals surface area contributed by atoms with Crippen LogP contribution in [0.25, 0.3) is 0 Å². The molecule has 0 aromatic heterocycles. The average molecular weight is 221 g/mol.